The highest BCUT2D eigenvalue weighted by molar-refractivity contribution is 7.10. The molecule has 0 aliphatic carbocycles. The number of amides is 2. The Morgan fingerprint density at radius 1 is 1.07 bits per heavy atom. The lowest BCUT2D eigenvalue weighted by atomic mass is 10.0. The first-order valence-electron chi connectivity index (χ1n) is 9.66. The van der Waals surface area contributed by atoms with Gasteiger partial charge in [0.1, 0.15) is 6.04 Å². The lowest BCUT2D eigenvalue weighted by Crippen LogP contribution is -2.39. The fourth-order valence-electron chi connectivity index (χ4n) is 3.62. The highest BCUT2D eigenvalue weighted by Crippen LogP contribution is 2.24. The number of carbonyl (C=O) groups is 1. The van der Waals surface area contributed by atoms with E-state index in [0.717, 1.165) is 22.3 Å². The van der Waals surface area contributed by atoms with Gasteiger partial charge in [-0.05, 0) is 47.7 Å². The third-order valence-corrected chi connectivity index (χ3v) is 5.96. The molecule has 5 nitrogen and oxygen atoms in total. The monoisotopic (exact) mass is 404 g/mol. The minimum absolute atomic E-state index is 0.0213. The maximum atomic E-state index is 12.5. The minimum Gasteiger partial charge on any atom is -0.336 e. The van der Waals surface area contributed by atoms with Crippen molar-refractivity contribution in [3.05, 3.63) is 87.9 Å². The van der Waals surface area contributed by atoms with E-state index in [2.05, 4.69) is 51.4 Å². The van der Waals surface area contributed by atoms with Crippen molar-refractivity contribution in [3.8, 4) is 0 Å². The number of hydrogen-bond acceptors (Lipinski definition) is 3. The van der Waals surface area contributed by atoms with Gasteiger partial charge in [-0.1, -0.05) is 48.5 Å². The first-order valence-corrected chi connectivity index (χ1v) is 10.5. The van der Waals surface area contributed by atoms with Gasteiger partial charge in [0.05, 0.1) is 5.69 Å². The van der Waals surface area contributed by atoms with Crippen molar-refractivity contribution >= 4 is 28.1 Å². The van der Waals surface area contributed by atoms with Gasteiger partial charge < -0.3 is 10.6 Å². The van der Waals surface area contributed by atoms with E-state index in [1.165, 1.54) is 10.3 Å². The lowest BCUT2D eigenvalue weighted by Gasteiger charge is -2.19. The van der Waals surface area contributed by atoms with Crippen molar-refractivity contribution < 1.29 is 4.79 Å². The Hall–Kier alpha value is -3.12. The zero-order chi connectivity index (χ0) is 20.2. The van der Waals surface area contributed by atoms with Crippen molar-refractivity contribution in [1.29, 1.82) is 0 Å². The molecule has 0 aliphatic heterocycles. The van der Waals surface area contributed by atoms with Gasteiger partial charge in [-0.2, -0.15) is 5.10 Å². The van der Waals surface area contributed by atoms with Crippen LogP contribution in [-0.4, -0.2) is 22.4 Å². The number of rotatable bonds is 6. The molecule has 0 fully saturated rings. The van der Waals surface area contributed by atoms with E-state index in [9.17, 15) is 4.79 Å². The molecule has 0 spiro atoms. The standard InChI is InChI=1S/C23H24N4OS/c1-16-13-17(2)27(26-16)21(22-11-6-12-29-22)15-25-23(28)24-14-19-9-5-8-18-7-3-4-10-20(18)19/h3-13,21H,14-15H2,1-2H3,(H2,24,25,28). The molecule has 0 saturated heterocycles. The Labute approximate surface area is 174 Å². The molecule has 1 atom stereocenters. The Morgan fingerprint density at radius 3 is 2.66 bits per heavy atom. The number of hydrogen-bond donors (Lipinski definition) is 2. The quantitative estimate of drug-likeness (QED) is 0.485. The summed E-state index contributed by atoms with van der Waals surface area (Å²) in [5.74, 6) is 0. The van der Waals surface area contributed by atoms with Crippen LogP contribution in [0.4, 0.5) is 4.79 Å². The van der Waals surface area contributed by atoms with Crippen LogP contribution in [0.2, 0.25) is 0 Å². The summed E-state index contributed by atoms with van der Waals surface area (Å²) in [7, 11) is 0. The fraction of sp³-hybridized carbons (Fsp3) is 0.217. The van der Waals surface area contributed by atoms with E-state index in [-0.39, 0.29) is 12.1 Å². The molecule has 2 aromatic heterocycles. The van der Waals surface area contributed by atoms with Crippen molar-refractivity contribution in [2.24, 2.45) is 0 Å². The molecule has 29 heavy (non-hydrogen) atoms. The largest absolute Gasteiger partial charge is 0.336 e. The van der Waals surface area contributed by atoms with E-state index in [0.29, 0.717) is 13.1 Å². The van der Waals surface area contributed by atoms with E-state index in [4.69, 9.17) is 0 Å². The Morgan fingerprint density at radius 2 is 1.90 bits per heavy atom. The summed E-state index contributed by atoms with van der Waals surface area (Å²) in [6.07, 6.45) is 0. The number of fused-ring (bicyclic) bond motifs is 1. The Balaban J connectivity index is 1.42. The second-order valence-electron chi connectivity index (χ2n) is 7.10. The number of benzene rings is 2. The van der Waals surface area contributed by atoms with Crippen LogP contribution in [0.3, 0.4) is 0 Å². The summed E-state index contributed by atoms with van der Waals surface area (Å²) in [4.78, 5) is 13.7. The third-order valence-electron chi connectivity index (χ3n) is 4.99. The summed E-state index contributed by atoms with van der Waals surface area (Å²) in [5.41, 5.74) is 3.16. The molecule has 2 aromatic carbocycles. The molecule has 2 N–H and O–H groups in total. The van der Waals surface area contributed by atoms with Crippen LogP contribution in [-0.2, 0) is 6.54 Å². The zero-order valence-electron chi connectivity index (χ0n) is 16.6. The van der Waals surface area contributed by atoms with E-state index >= 15 is 0 Å². The summed E-state index contributed by atoms with van der Waals surface area (Å²) < 4.78 is 1.99. The number of aromatic nitrogens is 2. The average Bonchev–Trinajstić information content (AvgIpc) is 3.36. The van der Waals surface area contributed by atoms with Gasteiger partial charge in [-0.25, -0.2) is 4.79 Å². The molecule has 0 aliphatic rings. The van der Waals surface area contributed by atoms with Crippen LogP contribution in [0.15, 0.2) is 66.0 Å². The number of aryl methyl sites for hydroxylation is 2. The van der Waals surface area contributed by atoms with Gasteiger partial charge in [0.15, 0.2) is 0 Å². The van der Waals surface area contributed by atoms with Crippen LogP contribution in [0.25, 0.3) is 10.8 Å². The van der Waals surface area contributed by atoms with Crippen molar-refractivity contribution in [3.63, 3.8) is 0 Å². The topological polar surface area (TPSA) is 59.0 Å². The molecular weight excluding hydrogens is 380 g/mol. The summed E-state index contributed by atoms with van der Waals surface area (Å²) >= 11 is 1.67. The zero-order valence-corrected chi connectivity index (χ0v) is 17.4. The predicted molar refractivity (Wildman–Crippen MR) is 118 cm³/mol. The number of nitrogens with zero attached hydrogens (tertiary/aromatic N) is 2. The van der Waals surface area contributed by atoms with Crippen LogP contribution in [0.5, 0.6) is 0 Å². The molecule has 0 bridgehead atoms. The highest BCUT2D eigenvalue weighted by atomic mass is 32.1. The maximum Gasteiger partial charge on any atom is 0.315 e. The van der Waals surface area contributed by atoms with E-state index in [1.807, 2.05) is 48.9 Å². The second kappa shape index (κ2) is 8.49. The van der Waals surface area contributed by atoms with Gasteiger partial charge >= 0.3 is 6.03 Å². The maximum absolute atomic E-state index is 12.5. The fourth-order valence-corrected chi connectivity index (χ4v) is 4.44. The molecule has 0 radical (unpaired) electrons. The molecule has 2 heterocycles. The van der Waals surface area contributed by atoms with Crippen LogP contribution >= 0.6 is 11.3 Å². The van der Waals surface area contributed by atoms with Crippen molar-refractivity contribution in [1.82, 2.24) is 20.4 Å². The molecule has 0 saturated carbocycles. The van der Waals surface area contributed by atoms with Crippen LogP contribution in [0.1, 0.15) is 27.9 Å². The number of urea groups is 1. The molecular formula is C23H24N4OS. The lowest BCUT2D eigenvalue weighted by molar-refractivity contribution is 0.239. The van der Waals surface area contributed by atoms with E-state index in [1.54, 1.807) is 11.3 Å². The van der Waals surface area contributed by atoms with Crippen molar-refractivity contribution in [2.45, 2.75) is 26.4 Å². The minimum atomic E-state index is -0.180. The smallest absolute Gasteiger partial charge is 0.315 e. The third kappa shape index (κ3) is 4.32. The Bertz CT molecular complexity index is 1110. The highest BCUT2D eigenvalue weighted by Gasteiger charge is 2.19. The first kappa shape index (κ1) is 19.2. The molecule has 4 rings (SSSR count). The van der Waals surface area contributed by atoms with Gasteiger partial charge in [0, 0.05) is 23.7 Å². The Kier molecular flexibility index (Phi) is 5.62. The average molecular weight is 405 g/mol. The van der Waals surface area contributed by atoms with Gasteiger partial charge in [0.2, 0.25) is 0 Å². The molecule has 148 valence electrons. The molecule has 6 heteroatoms. The van der Waals surface area contributed by atoms with E-state index < -0.39 is 0 Å². The molecule has 2 amide bonds. The number of nitrogens with one attached hydrogen (secondary N) is 2. The number of thiophene rings is 1. The SMILES string of the molecule is Cc1cc(C)n(C(CNC(=O)NCc2cccc3ccccc23)c2cccs2)n1. The normalized spacial score (nSPS) is 12.1. The number of carbonyl (C=O) groups excluding carboxylic acids is 1. The van der Waals surface area contributed by atoms with Gasteiger partial charge in [-0.3, -0.25) is 4.68 Å². The van der Waals surface area contributed by atoms with Crippen LogP contribution < -0.4 is 10.6 Å². The second-order valence-corrected chi connectivity index (χ2v) is 8.08. The van der Waals surface area contributed by atoms with Crippen LogP contribution in [0, 0.1) is 13.8 Å². The van der Waals surface area contributed by atoms with Gasteiger partial charge in [-0.15, -0.1) is 11.3 Å². The summed E-state index contributed by atoms with van der Waals surface area (Å²) in [6.45, 7) is 4.99. The van der Waals surface area contributed by atoms with Crippen molar-refractivity contribution in [2.75, 3.05) is 6.54 Å². The first-order chi connectivity index (χ1) is 14.1. The summed E-state index contributed by atoms with van der Waals surface area (Å²) in [6, 6.07) is 20.3. The van der Waals surface area contributed by atoms with Gasteiger partial charge in [0.25, 0.3) is 0 Å². The molecule has 4 aromatic rings. The predicted octanol–water partition coefficient (Wildman–Crippen LogP) is 4.80. The molecule has 1 unspecified atom stereocenters. The summed E-state index contributed by atoms with van der Waals surface area (Å²) in [5, 5.41) is 15.0.